The van der Waals surface area contributed by atoms with E-state index in [1.807, 2.05) is 4.90 Å². The summed E-state index contributed by atoms with van der Waals surface area (Å²) in [6, 6.07) is 2.05. The van der Waals surface area contributed by atoms with Crippen molar-refractivity contribution in [2.24, 2.45) is 0 Å². The molecule has 94 valence electrons. The van der Waals surface area contributed by atoms with E-state index in [0.717, 1.165) is 36.9 Å². The van der Waals surface area contributed by atoms with Gasteiger partial charge in [0, 0.05) is 19.1 Å². The highest BCUT2D eigenvalue weighted by molar-refractivity contribution is 9.10. The summed E-state index contributed by atoms with van der Waals surface area (Å²) in [5.41, 5.74) is 0. The van der Waals surface area contributed by atoms with Crippen LogP contribution in [0.1, 0.15) is 30.3 Å². The molecule has 1 aromatic heterocycles. The largest absolute Gasteiger partial charge is 0.458 e. The topological polar surface area (TPSA) is 45.5 Å². The van der Waals surface area contributed by atoms with Crippen molar-refractivity contribution in [1.29, 1.82) is 0 Å². The molecule has 1 aromatic rings. The fourth-order valence-electron chi connectivity index (χ4n) is 2.17. The maximum Gasteiger partial charge on any atom is 0.291 e. The Balaban J connectivity index is 2.15. The second-order valence-corrected chi connectivity index (χ2v) is 5.10. The van der Waals surface area contributed by atoms with Gasteiger partial charge in [-0.25, -0.2) is 0 Å². The van der Waals surface area contributed by atoms with Crippen LogP contribution in [-0.4, -0.2) is 36.5 Å². The molecule has 1 amide bonds. The van der Waals surface area contributed by atoms with Crippen molar-refractivity contribution in [1.82, 2.24) is 10.2 Å². The van der Waals surface area contributed by atoms with Crippen LogP contribution in [0.4, 0.5) is 0 Å². The average Bonchev–Trinajstić information content (AvgIpc) is 2.95. The van der Waals surface area contributed by atoms with Crippen LogP contribution in [0.3, 0.4) is 0 Å². The van der Waals surface area contributed by atoms with E-state index in [9.17, 15) is 4.79 Å². The van der Waals surface area contributed by atoms with E-state index < -0.39 is 0 Å². The van der Waals surface area contributed by atoms with Crippen LogP contribution in [0, 0.1) is 0 Å². The Morgan fingerprint density at radius 2 is 2.53 bits per heavy atom. The van der Waals surface area contributed by atoms with Gasteiger partial charge in [-0.05, 0) is 41.4 Å². The molecule has 0 saturated carbocycles. The van der Waals surface area contributed by atoms with Crippen LogP contribution in [0.5, 0.6) is 0 Å². The fraction of sp³-hybridized carbons (Fsp3) is 0.583. The first-order chi connectivity index (χ1) is 8.24. The van der Waals surface area contributed by atoms with Gasteiger partial charge in [-0.2, -0.15) is 0 Å². The summed E-state index contributed by atoms with van der Waals surface area (Å²) in [6.07, 6.45) is 3.51. The number of hydrogen-bond acceptors (Lipinski definition) is 3. The minimum atomic E-state index is -0.0163. The predicted octanol–water partition coefficient (Wildman–Crippen LogP) is 2.26. The van der Waals surface area contributed by atoms with E-state index in [0.29, 0.717) is 11.8 Å². The van der Waals surface area contributed by atoms with Crippen molar-refractivity contribution in [2.75, 3.05) is 19.6 Å². The molecule has 4 nitrogen and oxygen atoms in total. The molecular formula is C12H17BrN2O2. The van der Waals surface area contributed by atoms with Crippen molar-refractivity contribution in [3.8, 4) is 0 Å². The van der Waals surface area contributed by atoms with E-state index in [-0.39, 0.29) is 5.91 Å². The normalized spacial score (nSPS) is 19.5. The molecule has 1 saturated heterocycles. The van der Waals surface area contributed by atoms with Gasteiger partial charge >= 0.3 is 0 Å². The molecule has 0 radical (unpaired) electrons. The van der Waals surface area contributed by atoms with Gasteiger partial charge < -0.3 is 14.6 Å². The fourth-order valence-corrected chi connectivity index (χ4v) is 2.54. The minimum absolute atomic E-state index is 0.0163. The summed E-state index contributed by atoms with van der Waals surface area (Å²) in [5, 5.41) is 3.29. The van der Waals surface area contributed by atoms with Gasteiger partial charge in [0.25, 0.3) is 5.91 Å². The smallest absolute Gasteiger partial charge is 0.291 e. The first kappa shape index (κ1) is 12.6. The summed E-state index contributed by atoms with van der Waals surface area (Å²) >= 11 is 3.34. The Labute approximate surface area is 109 Å². The summed E-state index contributed by atoms with van der Waals surface area (Å²) in [6.45, 7) is 4.72. The second-order valence-electron chi connectivity index (χ2n) is 4.24. The Morgan fingerprint density at radius 3 is 3.06 bits per heavy atom. The first-order valence-corrected chi connectivity index (χ1v) is 6.78. The van der Waals surface area contributed by atoms with Crippen LogP contribution in [0.25, 0.3) is 0 Å². The molecule has 2 heterocycles. The molecule has 1 N–H and O–H groups in total. The number of nitrogens with one attached hydrogen (secondary N) is 1. The lowest BCUT2D eigenvalue weighted by atomic mass is 10.2. The highest BCUT2D eigenvalue weighted by Gasteiger charge is 2.29. The van der Waals surface area contributed by atoms with Crippen molar-refractivity contribution in [3.05, 3.63) is 22.6 Å². The van der Waals surface area contributed by atoms with Crippen LogP contribution in [0.2, 0.25) is 0 Å². The van der Waals surface area contributed by atoms with Gasteiger partial charge in [0.05, 0.1) is 10.7 Å². The van der Waals surface area contributed by atoms with E-state index >= 15 is 0 Å². The molecule has 17 heavy (non-hydrogen) atoms. The lowest BCUT2D eigenvalue weighted by Crippen LogP contribution is -2.42. The Bertz CT molecular complexity index is 386. The number of rotatable bonds is 4. The van der Waals surface area contributed by atoms with Crippen molar-refractivity contribution < 1.29 is 9.21 Å². The summed E-state index contributed by atoms with van der Waals surface area (Å²) < 4.78 is 5.99. The van der Waals surface area contributed by atoms with E-state index in [1.54, 1.807) is 6.07 Å². The second kappa shape index (κ2) is 5.69. The predicted molar refractivity (Wildman–Crippen MR) is 69.0 cm³/mol. The van der Waals surface area contributed by atoms with Crippen LogP contribution < -0.4 is 5.32 Å². The molecule has 1 atom stereocenters. The summed E-state index contributed by atoms with van der Waals surface area (Å²) in [4.78, 5) is 14.3. The first-order valence-electron chi connectivity index (χ1n) is 5.98. The minimum Gasteiger partial charge on any atom is -0.458 e. The standard InChI is InChI=1S/C12H17BrN2O2/c1-2-6-15(9-3-5-14-8-9)12(16)11-10(13)4-7-17-11/h4,7,9,14H,2-3,5-6,8H2,1H3. The molecular weight excluding hydrogens is 284 g/mol. The number of hydrogen-bond donors (Lipinski definition) is 1. The zero-order valence-electron chi connectivity index (χ0n) is 9.91. The maximum atomic E-state index is 12.4. The van der Waals surface area contributed by atoms with Crippen molar-refractivity contribution >= 4 is 21.8 Å². The van der Waals surface area contributed by atoms with Gasteiger partial charge in [0.15, 0.2) is 0 Å². The number of carbonyl (C=O) groups is 1. The molecule has 0 spiro atoms. The average molecular weight is 301 g/mol. The summed E-state index contributed by atoms with van der Waals surface area (Å²) in [5.74, 6) is 0.391. The molecule has 0 bridgehead atoms. The number of carbonyl (C=O) groups excluding carboxylic acids is 1. The molecule has 1 aliphatic heterocycles. The van der Waals surface area contributed by atoms with Gasteiger partial charge in [-0.1, -0.05) is 6.92 Å². The Hall–Kier alpha value is -0.810. The van der Waals surface area contributed by atoms with Crippen molar-refractivity contribution in [3.63, 3.8) is 0 Å². The molecule has 5 heteroatoms. The van der Waals surface area contributed by atoms with Crippen LogP contribution in [-0.2, 0) is 0 Å². The molecule has 2 rings (SSSR count). The van der Waals surface area contributed by atoms with E-state index in [4.69, 9.17) is 4.42 Å². The van der Waals surface area contributed by atoms with E-state index in [1.165, 1.54) is 6.26 Å². The number of halogens is 1. The third-order valence-electron chi connectivity index (χ3n) is 3.01. The number of nitrogens with zero attached hydrogens (tertiary/aromatic N) is 1. The highest BCUT2D eigenvalue weighted by atomic mass is 79.9. The van der Waals surface area contributed by atoms with Gasteiger partial charge in [0.1, 0.15) is 0 Å². The SMILES string of the molecule is CCCN(C(=O)c1occc1Br)C1CCNC1. The zero-order valence-corrected chi connectivity index (χ0v) is 11.5. The monoisotopic (exact) mass is 300 g/mol. The van der Waals surface area contributed by atoms with Gasteiger partial charge in [-0.3, -0.25) is 4.79 Å². The molecule has 1 fully saturated rings. The van der Waals surface area contributed by atoms with E-state index in [2.05, 4.69) is 28.2 Å². The van der Waals surface area contributed by atoms with Gasteiger partial charge in [0.2, 0.25) is 5.76 Å². The summed E-state index contributed by atoms with van der Waals surface area (Å²) in [7, 11) is 0. The number of furan rings is 1. The lowest BCUT2D eigenvalue weighted by molar-refractivity contribution is 0.0658. The molecule has 0 aromatic carbocycles. The zero-order chi connectivity index (χ0) is 12.3. The third kappa shape index (κ3) is 2.72. The maximum absolute atomic E-state index is 12.4. The van der Waals surface area contributed by atoms with Crippen molar-refractivity contribution in [2.45, 2.75) is 25.8 Å². The quantitative estimate of drug-likeness (QED) is 0.928. The number of amides is 1. The van der Waals surface area contributed by atoms with Crippen LogP contribution in [0.15, 0.2) is 21.2 Å². The molecule has 0 aliphatic carbocycles. The molecule has 1 unspecified atom stereocenters. The molecule has 1 aliphatic rings. The highest BCUT2D eigenvalue weighted by Crippen LogP contribution is 2.21. The Morgan fingerprint density at radius 1 is 1.71 bits per heavy atom. The lowest BCUT2D eigenvalue weighted by Gasteiger charge is -2.27. The Kier molecular flexibility index (Phi) is 4.23. The van der Waals surface area contributed by atoms with Crippen LogP contribution >= 0.6 is 15.9 Å². The third-order valence-corrected chi connectivity index (χ3v) is 3.64. The van der Waals surface area contributed by atoms with Gasteiger partial charge in [-0.15, -0.1) is 0 Å².